The third kappa shape index (κ3) is 3.74. The molecule has 0 aromatic carbocycles. The normalized spacial score (nSPS) is 15.3. The van der Waals surface area contributed by atoms with Crippen molar-refractivity contribution < 1.29 is 9.59 Å². The molecule has 7 nitrogen and oxygen atoms in total. The number of nitrogens with zero attached hydrogens (tertiary/aromatic N) is 4. The minimum Gasteiger partial charge on any atom is -0.367 e. The number of hydrogen-bond donors (Lipinski definition) is 1. The Labute approximate surface area is 134 Å². The Hall–Kier alpha value is -2.70. The molecule has 0 spiro atoms. The summed E-state index contributed by atoms with van der Waals surface area (Å²) >= 11 is 0. The molecular formula is C16H19N5O2. The number of nitrogens with one attached hydrogen (secondary N) is 1. The standard InChI is InChI=1S/C16H19N5O2/c22-15(10-13-2-3-17-11-13)20-6-1-7-21(9-8-20)16(23)14-12-18-4-5-19-14/h2-5,11-12,17H,1,6-10H2. The second-order valence-corrected chi connectivity index (χ2v) is 5.51. The summed E-state index contributed by atoms with van der Waals surface area (Å²) in [6.07, 6.45) is 9.33. The van der Waals surface area contributed by atoms with Crippen LogP contribution in [0.15, 0.2) is 37.1 Å². The quantitative estimate of drug-likeness (QED) is 0.905. The van der Waals surface area contributed by atoms with Crippen LogP contribution in [0.25, 0.3) is 0 Å². The Morgan fingerprint density at radius 1 is 1.13 bits per heavy atom. The average molecular weight is 313 g/mol. The van der Waals surface area contributed by atoms with Gasteiger partial charge in [0, 0.05) is 51.0 Å². The summed E-state index contributed by atoms with van der Waals surface area (Å²) < 4.78 is 0. The fourth-order valence-electron chi connectivity index (χ4n) is 2.70. The zero-order chi connectivity index (χ0) is 16.1. The van der Waals surface area contributed by atoms with Gasteiger partial charge in [-0.1, -0.05) is 0 Å². The second kappa shape index (κ2) is 7.04. The van der Waals surface area contributed by atoms with Crippen molar-refractivity contribution in [3.63, 3.8) is 0 Å². The van der Waals surface area contributed by atoms with Gasteiger partial charge in [0.15, 0.2) is 0 Å². The molecule has 1 fully saturated rings. The summed E-state index contributed by atoms with van der Waals surface area (Å²) in [7, 11) is 0. The Morgan fingerprint density at radius 2 is 1.96 bits per heavy atom. The van der Waals surface area contributed by atoms with Crippen molar-refractivity contribution >= 4 is 11.8 Å². The predicted molar refractivity (Wildman–Crippen MR) is 83.6 cm³/mol. The van der Waals surface area contributed by atoms with E-state index in [4.69, 9.17) is 0 Å². The highest BCUT2D eigenvalue weighted by atomic mass is 16.2. The van der Waals surface area contributed by atoms with Crippen LogP contribution in [0, 0.1) is 0 Å². The summed E-state index contributed by atoms with van der Waals surface area (Å²) in [5, 5.41) is 0. The fourth-order valence-corrected chi connectivity index (χ4v) is 2.70. The molecule has 0 atom stereocenters. The van der Waals surface area contributed by atoms with Gasteiger partial charge in [-0.15, -0.1) is 0 Å². The lowest BCUT2D eigenvalue weighted by atomic mass is 10.2. The highest BCUT2D eigenvalue weighted by Gasteiger charge is 2.23. The maximum Gasteiger partial charge on any atom is 0.274 e. The van der Waals surface area contributed by atoms with Crippen molar-refractivity contribution in [2.45, 2.75) is 12.8 Å². The number of H-pyrrole nitrogens is 1. The molecule has 2 aromatic rings. The minimum atomic E-state index is -0.127. The van der Waals surface area contributed by atoms with Crippen LogP contribution in [0.1, 0.15) is 22.5 Å². The number of amides is 2. The molecule has 23 heavy (non-hydrogen) atoms. The van der Waals surface area contributed by atoms with E-state index in [-0.39, 0.29) is 11.8 Å². The maximum absolute atomic E-state index is 12.4. The first-order valence-electron chi connectivity index (χ1n) is 7.69. The molecular weight excluding hydrogens is 294 g/mol. The molecule has 1 aliphatic rings. The van der Waals surface area contributed by atoms with Crippen molar-refractivity contribution in [2.24, 2.45) is 0 Å². The molecule has 0 aliphatic carbocycles. The second-order valence-electron chi connectivity index (χ2n) is 5.51. The van der Waals surface area contributed by atoms with E-state index in [1.807, 2.05) is 23.4 Å². The number of hydrogen-bond acceptors (Lipinski definition) is 4. The molecule has 0 bridgehead atoms. The molecule has 3 heterocycles. The lowest BCUT2D eigenvalue weighted by Gasteiger charge is -2.21. The van der Waals surface area contributed by atoms with Crippen LogP contribution in [0.2, 0.25) is 0 Å². The Morgan fingerprint density at radius 3 is 2.70 bits per heavy atom. The van der Waals surface area contributed by atoms with Crippen LogP contribution < -0.4 is 0 Å². The van der Waals surface area contributed by atoms with Crippen LogP contribution in [-0.2, 0) is 11.2 Å². The van der Waals surface area contributed by atoms with Gasteiger partial charge in [-0.25, -0.2) is 4.98 Å². The van der Waals surface area contributed by atoms with Crippen LogP contribution in [0.5, 0.6) is 0 Å². The molecule has 0 unspecified atom stereocenters. The van der Waals surface area contributed by atoms with E-state index in [9.17, 15) is 9.59 Å². The molecule has 1 aliphatic heterocycles. The first-order chi connectivity index (χ1) is 11.2. The Bertz CT molecular complexity index is 656. The lowest BCUT2D eigenvalue weighted by Crippen LogP contribution is -2.38. The molecule has 1 saturated heterocycles. The van der Waals surface area contributed by atoms with Gasteiger partial charge in [0.1, 0.15) is 5.69 Å². The van der Waals surface area contributed by atoms with E-state index in [1.165, 1.54) is 12.4 Å². The van der Waals surface area contributed by atoms with E-state index in [0.717, 1.165) is 12.0 Å². The van der Waals surface area contributed by atoms with Crippen LogP contribution >= 0.6 is 0 Å². The molecule has 7 heteroatoms. The van der Waals surface area contributed by atoms with Crippen molar-refractivity contribution in [2.75, 3.05) is 26.2 Å². The zero-order valence-corrected chi connectivity index (χ0v) is 12.8. The fraction of sp³-hybridized carbons (Fsp3) is 0.375. The van der Waals surface area contributed by atoms with Gasteiger partial charge >= 0.3 is 0 Å². The monoisotopic (exact) mass is 313 g/mol. The van der Waals surface area contributed by atoms with Gasteiger partial charge in [0.2, 0.25) is 5.91 Å². The first-order valence-corrected chi connectivity index (χ1v) is 7.69. The van der Waals surface area contributed by atoms with Gasteiger partial charge in [0.25, 0.3) is 5.91 Å². The molecule has 0 saturated carbocycles. The van der Waals surface area contributed by atoms with E-state index in [2.05, 4.69) is 15.0 Å². The number of carbonyl (C=O) groups excluding carboxylic acids is 2. The predicted octanol–water partition coefficient (Wildman–Crippen LogP) is 0.722. The van der Waals surface area contributed by atoms with E-state index < -0.39 is 0 Å². The Kier molecular flexibility index (Phi) is 4.65. The summed E-state index contributed by atoms with van der Waals surface area (Å²) in [6.45, 7) is 2.38. The van der Waals surface area contributed by atoms with Crippen molar-refractivity contribution in [1.29, 1.82) is 0 Å². The molecule has 2 aromatic heterocycles. The molecule has 2 amide bonds. The highest BCUT2D eigenvalue weighted by molar-refractivity contribution is 5.92. The summed E-state index contributed by atoms with van der Waals surface area (Å²) in [5.74, 6) is -0.0311. The molecule has 3 rings (SSSR count). The van der Waals surface area contributed by atoms with Crippen molar-refractivity contribution in [3.8, 4) is 0 Å². The van der Waals surface area contributed by atoms with Gasteiger partial charge in [0.05, 0.1) is 12.6 Å². The number of rotatable bonds is 3. The minimum absolute atomic E-state index is 0.0957. The van der Waals surface area contributed by atoms with Crippen molar-refractivity contribution in [3.05, 3.63) is 48.3 Å². The molecule has 1 N–H and O–H groups in total. The van der Waals surface area contributed by atoms with Crippen LogP contribution in [0.4, 0.5) is 0 Å². The highest BCUT2D eigenvalue weighted by Crippen LogP contribution is 2.09. The molecule has 0 radical (unpaired) electrons. The third-order valence-electron chi connectivity index (χ3n) is 3.94. The number of carbonyl (C=O) groups is 2. The Balaban J connectivity index is 1.59. The van der Waals surface area contributed by atoms with Gasteiger partial charge in [-0.05, 0) is 18.1 Å². The lowest BCUT2D eigenvalue weighted by molar-refractivity contribution is -0.130. The topological polar surface area (TPSA) is 82.2 Å². The summed E-state index contributed by atoms with van der Waals surface area (Å²) in [6, 6.07) is 1.90. The summed E-state index contributed by atoms with van der Waals surface area (Å²) in [4.78, 5) is 39.3. The maximum atomic E-state index is 12.4. The molecule has 120 valence electrons. The summed E-state index contributed by atoms with van der Waals surface area (Å²) in [5.41, 5.74) is 1.33. The van der Waals surface area contributed by atoms with Crippen LogP contribution in [-0.4, -0.2) is 62.7 Å². The van der Waals surface area contributed by atoms with Gasteiger partial charge in [-0.3, -0.25) is 14.6 Å². The first kappa shape index (κ1) is 15.2. The third-order valence-corrected chi connectivity index (χ3v) is 3.94. The van der Waals surface area contributed by atoms with Gasteiger partial charge < -0.3 is 14.8 Å². The van der Waals surface area contributed by atoms with Gasteiger partial charge in [-0.2, -0.15) is 0 Å². The number of aromatic amines is 1. The SMILES string of the molecule is O=C(Cc1cc[nH]c1)N1CCCN(C(=O)c2cnccn2)CC1. The van der Waals surface area contributed by atoms with Crippen molar-refractivity contribution in [1.82, 2.24) is 24.8 Å². The van der Waals surface area contributed by atoms with Crippen LogP contribution in [0.3, 0.4) is 0 Å². The number of aromatic nitrogens is 3. The van der Waals surface area contributed by atoms with E-state index >= 15 is 0 Å². The van der Waals surface area contributed by atoms with E-state index in [1.54, 1.807) is 11.1 Å². The zero-order valence-electron chi connectivity index (χ0n) is 12.8. The van der Waals surface area contributed by atoms with E-state index in [0.29, 0.717) is 38.3 Å². The smallest absolute Gasteiger partial charge is 0.274 e. The average Bonchev–Trinajstić information content (AvgIpc) is 2.96. The largest absolute Gasteiger partial charge is 0.367 e.